The van der Waals surface area contributed by atoms with Gasteiger partial charge in [0.2, 0.25) is 5.91 Å². The number of rotatable bonds is 9. The standard InChI is InChI=1S/C20H25NO3/c1-16(21-19(22)15-24-14-13-23-2)20(17-9-5-3-6-10-17)18-11-7-4-8-12-18/h3-12,16,20H,13-15H2,1-2H3,(H,21,22). The summed E-state index contributed by atoms with van der Waals surface area (Å²) in [6, 6.07) is 20.4. The summed E-state index contributed by atoms with van der Waals surface area (Å²) in [5.74, 6) is -0.0224. The third kappa shape index (κ3) is 5.48. The molecule has 0 saturated heterocycles. The molecule has 0 radical (unpaired) electrons. The average Bonchev–Trinajstić information content (AvgIpc) is 2.61. The summed E-state index contributed by atoms with van der Waals surface area (Å²) < 4.78 is 10.2. The van der Waals surface area contributed by atoms with Crippen molar-refractivity contribution >= 4 is 5.91 Å². The van der Waals surface area contributed by atoms with Crippen LogP contribution in [0.5, 0.6) is 0 Å². The number of nitrogens with one attached hydrogen (secondary N) is 1. The summed E-state index contributed by atoms with van der Waals surface area (Å²) in [6.07, 6.45) is 0. The van der Waals surface area contributed by atoms with E-state index in [0.717, 1.165) is 0 Å². The highest BCUT2D eigenvalue weighted by molar-refractivity contribution is 5.77. The summed E-state index contributed by atoms with van der Waals surface area (Å²) in [6.45, 7) is 2.97. The summed E-state index contributed by atoms with van der Waals surface area (Å²) in [7, 11) is 1.61. The van der Waals surface area contributed by atoms with Crippen LogP contribution in [-0.2, 0) is 14.3 Å². The van der Waals surface area contributed by atoms with Gasteiger partial charge in [-0.25, -0.2) is 0 Å². The van der Waals surface area contributed by atoms with Crippen molar-refractivity contribution < 1.29 is 14.3 Å². The van der Waals surface area contributed by atoms with E-state index in [1.54, 1.807) is 7.11 Å². The van der Waals surface area contributed by atoms with Gasteiger partial charge in [-0.2, -0.15) is 0 Å². The van der Waals surface area contributed by atoms with Crippen LogP contribution in [0.1, 0.15) is 24.0 Å². The molecule has 1 amide bonds. The normalized spacial score (nSPS) is 12.1. The van der Waals surface area contributed by atoms with Crippen LogP contribution in [0.25, 0.3) is 0 Å². The van der Waals surface area contributed by atoms with Gasteiger partial charge in [0.15, 0.2) is 0 Å². The first-order valence-electron chi connectivity index (χ1n) is 8.18. The van der Waals surface area contributed by atoms with E-state index in [4.69, 9.17) is 9.47 Å². The highest BCUT2D eigenvalue weighted by atomic mass is 16.5. The quantitative estimate of drug-likeness (QED) is 0.720. The van der Waals surface area contributed by atoms with Crippen LogP contribution >= 0.6 is 0 Å². The van der Waals surface area contributed by atoms with Crippen molar-refractivity contribution in [3.8, 4) is 0 Å². The average molecular weight is 327 g/mol. The van der Waals surface area contributed by atoms with Gasteiger partial charge in [0.1, 0.15) is 6.61 Å². The molecule has 0 fully saturated rings. The van der Waals surface area contributed by atoms with E-state index in [1.807, 2.05) is 43.3 Å². The Labute approximate surface area is 143 Å². The van der Waals surface area contributed by atoms with Gasteiger partial charge in [0.25, 0.3) is 0 Å². The van der Waals surface area contributed by atoms with Crippen molar-refractivity contribution in [1.29, 1.82) is 0 Å². The molecule has 1 atom stereocenters. The molecule has 0 aromatic heterocycles. The summed E-state index contributed by atoms with van der Waals surface area (Å²) in [4.78, 5) is 12.1. The molecule has 0 aliphatic carbocycles. The molecule has 0 bridgehead atoms. The zero-order valence-electron chi connectivity index (χ0n) is 14.3. The Hall–Kier alpha value is -2.17. The minimum atomic E-state index is -0.115. The van der Waals surface area contributed by atoms with E-state index >= 15 is 0 Å². The lowest BCUT2D eigenvalue weighted by Crippen LogP contribution is -2.39. The largest absolute Gasteiger partial charge is 0.382 e. The van der Waals surface area contributed by atoms with Crippen LogP contribution in [0, 0.1) is 0 Å². The lowest BCUT2D eigenvalue weighted by Gasteiger charge is -2.26. The molecule has 0 spiro atoms. The Morgan fingerprint density at radius 2 is 1.50 bits per heavy atom. The third-order valence-electron chi connectivity index (χ3n) is 3.87. The van der Waals surface area contributed by atoms with Crippen molar-refractivity contribution in [2.45, 2.75) is 18.9 Å². The molecule has 1 N–H and O–H groups in total. The zero-order valence-corrected chi connectivity index (χ0v) is 14.3. The van der Waals surface area contributed by atoms with E-state index in [2.05, 4.69) is 29.6 Å². The SMILES string of the molecule is COCCOCC(=O)NC(C)C(c1ccccc1)c1ccccc1. The van der Waals surface area contributed by atoms with Crippen LogP contribution in [0.3, 0.4) is 0 Å². The molecule has 0 aliphatic heterocycles. The zero-order chi connectivity index (χ0) is 17.2. The molecule has 4 nitrogen and oxygen atoms in total. The topological polar surface area (TPSA) is 47.6 Å². The van der Waals surface area contributed by atoms with Gasteiger partial charge in [-0.15, -0.1) is 0 Å². The molecule has 2 aromatic carbocycles. The van der Waals surface area contributed by atoms with Gasteiger partial charge in [0.05, 0.1) is 13.2 Å². The lowest BCUT2D eigenvalue weighted by atomic mass is 9.86. The number of hydrogen-bond donors (Lipinski definition) is 1. The molecule has 4 heteroatoms. The van der Waals surface area contributed by atoms with E-state index in [9.17, 15) is 4.79 Å². The predicted molar refractivity (Wildman–Crippen MR) is 95.0 cm³/mol. The van der Waals surface area contributed by atoms with Crippen molar-refractivity contribution in [2.75, 3.05) is 26.9 Å². The maximum Gasteiger partial charge on any atom is 0.246 e. The number of amides is 1. The summed E-state index contributed by atoms with van der Waals surface area (Å²) >= 11 is 0. The number of ether oxygens (including phenoxy) is 2. The molecule has 2 aromatic rings. The van der Waals surface area contributed by atoms with E-state index in [0.29, 0.717) is 13.2 Å². The number of carbonyl (C=O) groups is 1. The summed E-state index contributed by atoms with van der Waals surface area (Å²) in [5.41, 5.74) is 2.36. The van der Waals surface area contributed by atoms with E-state index in [1.165, 1.54) is 11.1 Å². The van der Waals surface area contributed by atoms with Crippen molar-refractivity contribution in [2.24, 2.45) is 0 Å². The van der Waals surface area contributed by atoms with Crippen LogP contribution in [0.15, 0.2) is 60.7 Å². The van der Waals surface area contributed by atoms with Crippen molar-refractivity contribution in [3.63, 3.8) is 0 Å². The Kier molecular flexibility index (Phi) is 7.46. The van der Waals surface area contributed by atoms with Gasteiger partial charge < -0.3 is 14.8 Å². The number of methoxy groups -OCH3 is 1. The highest BCUT2D eigenvalue weighted by Crippen LogP contribution is 2.27. The van der Waals surface area contributed by atoms with Gasteiger partial charge in [0, 0.05) is 19.1 Å². The van der Waals surface area contributed by atoms with Gasteiger partial charge in [-0.1, -0.05) is 60.7 Å². The minimum absolute atomic E-state index is 0.0456. The van der Waals surface area contributed by atoms with Crippen molar-refractivity contribution in [1.82, 2.24) is 5.32 Å². The maximum absolute atomic E-state index is 12.1. The molecule has 0 saturated carbocycles. The van der Waals surface area contributed by atoms with E-state index in [-0.39, 0.29) is 24.5 Å². The maximum atomic E-state index is 12.1. The Bertz CT molecular complexity index is 561. The van der Waals surface area contributed by atoms with E-state index < -0.39 is 0 Å². The van der Waals surface area contributed by atoms with Gasteiger partial charge in [-0.05, 0) is 18.1 Å². The van der Waals surface area contributed by atoms with Crippen LogP contribution in [-0.4, -0.2) is 38.9 Å². The fraction of sp³-hybridized carbons (Fsp3) is 0.350. The van der Waals surface area contributed by atoms with Crippen LogP contribution < -0.4 is 5.32 Å². The monoisotopic (exact) mass is 327 g/mol. The predicted octanol–water partition coefficient (Wildman–Crippen LogP) is 2.99. The molecule has 0 aliphatic rings. The van der Waals surface area contributed by atoms with Crippen LogP contribution in [0.4, 0.5) is 0 Å². The molecular weight excluding hydrogens is 302 g/mol. The van der Waals surface area contributed by atoms with Gasteiger partial charge >= 0.3 is 0 Å². The fourth-order valence-electron chi connectivity index (χ4n) is 2.78. The second kappa shape index (κ2) is 9.85. The lowest BCUT2D eigenvalue weighted by molar-refractivity contribution is -0.126. The molecule has 0 heterocycles. The molecule has 128 valence electrons. The first-order valence-corrected chi connectivity index (χ1v) is 8.18. The molecular formula is C20H25NO3. The second-order valence-corrected chi connectivity index (χ2v) is 5.70. The van der Waals surface area contributed by atoms with Crippen molar-refractivity contribution in [3.05, 3.63) is 71.8 Å². The molecule has 24 heavy (non-hydrogen) atoms. The second-order valence-electron chi connectivity index (χ2n) is 5.70. The first-order chi connectivity index (χ1) is 11.7. The summed E-state index contributed by atoms with van der Waals surface area (Å²) in [5, 5.41) is 3.05. The first kappa shape index (κ1) is 18.2. The van der Waals surface area contributed by atoms with Gasteiger partial charge in [-0.3, -0.25) is 4.79 Å². The number of hydrogen-bond acceptors (Lipinski definition) is 3. The Morgan fingerprint density at radius 1 is 0.958 bits per heavy atom. The highest BCUT2D eigenvalue weighted by Gasteiger charge is 2.22. The van der Waals surface area contributed by atoms with Crippen LogP contribution in [0.2, 0.25) is 0 Å². The number of benzene rings is 2. The minimum Gasteiger partial charge on any atom is -0.382 e. The Morgan fingerprint density at radius 3 is 2.00 bits per heavy atom. The fourth-order valence-corrected chi connectivity index (χ4v) is 2.78. The third-order valence-corrected chi connectivity index (χ3v) is 3.87. The number of carbonyl (C=O) groups excluding carboxylic acids is 1. The molecule has 2 rings (SSSR count). The smallest absolute Gasteiger partial charge is 0.246 e. The molecule has 1 unspecified atom stereocenters. The Balaban J connectivity index is 2.06.